The number of aliphatic carboxylic acids is 2. The van der Waals surface area contributed by atoms with E-state index in [1.807, 2.05) is 6.26 Å². The molecule has 0 heterocycles. The van der Waals surface area contributed by atoms with Crippen molar-refractivity contribution < 1.29 is 34.2 Å². The molecule has 0 bridgehead atoms. The highest BCUT2D eigenvalue weighted by molar-refractivity contribution is 7.98. The fourth-order valence-corrected chi connectivity index (χ4v) is 3.51. The van der Waals surface area contributed by atoms with Crippen molar-refractivity contribution in [1.29, 1.82) is 0 Å². The summed E-state index contributed by atoms with van der Waals surface area (Å²) in [5, 5.41) is 25.5. The number of nitrogens with two attached hydrogens (primary N) is 3. The van der Waals surface area contributed by atoms with Crippen LogP contribution in [0.4, 0.5) is 0 Å². The van der Waals surface area contributed by atoms with Gasteiger partial charge in [0.05, 0.1) is 12.5 Å². The van der Waals surface area contributed by atoms with Gasteiger partial charge >= 0.3 is 11.9 Å². The van der Waals surface area contributed by atoms with E-state index in [-0.39, 0.29) is 18.9 Å². The Balaban J connectivity index is 5.64. The summed E-state index contributed by atoms with van der Waals surface area (Å²) in [6, 6.07) is -4.77. The number of carbonyl (C=O) groups excluding carboxylic acids is 3. The van der Waals surface area contributed by atoms with Gasteiger partial charge < -0.3 is 43.4 Å². The molecule has 0 aliphatic rings. The molecule has 0 fully saturated rings. The summed E-state index contributed by atoms with van der Waals surface area (Å²) in [6.45, 7) is 3.63. The zero-order chi connectivity index (χ0) is 27.8. The topological polar surface area (TPSA) is 252 Å². The van der Waals surface area contributed by atoms with Gasteiger partial charge in [0, 0.05) is 6.54 Å². The fourth-order valence-electron chi connectivity index (χ4n) is 3.02. The second kappa shape index (κ2) is 17.4. The predicted octanol–water partition coefficient (Wildman–Crippen LogP) is -1.82. The highest BCUT2D eigenvalue weighted by Gasteiger charge is 2.33. The molecule has 36 heavy (non-hydrogen) atoms. The Labute approximate surface area is 214 Å². The fraction of sp³-hybridized carbons (Fsp3) is 0.714. The van der Waals surface area contributed by atoms with Crippen molar-refractivity contribution >= 4 is 47.4 Å². The molecule has 15 heteroatoms. The standard InChI is InChI=1S/C21H39N7O7S/c1-4-11(2)16(19(33)27-14(20(34)35)10-15(29)30)28-18(32)13(6-5-8-25-21(23)24)26-17(31)12(22)7-9-36-3/h11-14,16H,4-10,22H2,1-3H3,(H,26,31)(H,27,33)(H,28,32)(H,29,30)(H,34,35)(H4,23,24,25). The van der Waals surface area contributed by atoms with E-state index in [4.69, 9.17) is 22.3 Å². The van der Waals surface area contributed by atoms with Gasteiger partial charge in [-0.25, -0.2) is 4.79 Å². The quantitative estimate of drug-likeness (QED) is 0.0553. The first kappa shape index (κ1) is 32.9. The molecule has 14 nitrogen and oxygen atoms in total. The van der Waals surface area contributed by atoms with E-state index in [0.29, 0.717) is 25.0 Å². The van der Waals surface area contributed by atoms with Crippen LogP contribution in [0, 0.1) is 5.92 Å². The molecular formula is C21H39N7O7S. The maximum absolute atomic E-state index is 13.1. The summed E-state index contributed by atoms with van der Waals surface area (Å²) in [5.74, 6) is -4.92. The summed E-state index contributed by atoms with van der Waals surface area (Å²) in [6.07, 6.45) is 2.34. The number of carbonyl (C=O) groups is 5. The van der Waals surface area contributed by atoms with Gasteiger partial charge in [-0.2, -0.15) is 11.8 Å². The molecule has 0 rings (SSSR count). The molecule has 0 spiro atoms. The van der Waals surface area contributed by atoms with Crippen LogP contribution in [0.1, 0.15) is 46.0 Å². The molecule has 11 N–H and O–H groups in total. The smallest absolute Gasteiger partial charge is 0.326 e. The van der Waals surface area contributed by atoms with Gasteiger partial charge in [-0.15, -0.1) is 0 Å². The van der Waals surface area contributed by atoms with Crippen molar-refractivity contribution in [1.82, 2.24) is 16.0 Å². The molecule has 206 valence electrons. The number of guanidine groups is 1. The van der Waals surface area contributed by atoms with Gasteiger partial charge in [0.2, 0.25) is 17.7 Å². The average Bonchev–Trinajstić information content (AvgIpc) is 2.80. The monoisotopic (exact) mass is 533 g/mol. The summed E-state index contributed by atoms with van der Waals surface area (Å²) in [5.41, 5.74) is 16.5. The molecule has 0 aliphatic heterocycles. The molecule has 0 radical (unpaired) electrons. The second-order valence-corrected chi connectivity index (χ2v) is 9.25. The number of amides is 3. The third-order valence-corrected chi connectivity index (χ3v) is 5.98. The molecule has 0 saturated carbocycles. The number of carboxylic acids is 2. The SMILES string of the molecule is CCC(C)C(NC(=O)C(CCCN=C(N)N)NC(=O)C(N)CCSC)C(=O)NC(CC(=O)O)C(=O)O. The zero-order valence-electron chi connectivity index (χ0n) is 20.9. The van der Waals surface area contributed by atoms with Crippen molar-refractivity contribution in [3.63, 3.8) is 0 Å². The minimum absolute atomic E-state index is 0.123. The van der Waals surface area contributed by atoms with Crippen LogP contribution in [0.25, 0.3) is 0 Å². The van der Waals surface area contributed by atoms with E-state index in [1.54, 1.807) is 13.8 Å². The van der Waals surface area contributed by atoms with E-state index < -0.39 is 66.2 Å². The van der Waals surface area contributed by atoms with E-state index in [1.165, 1.54) is 11.8 Å². The highest BCUT2D eigenvalue weighted by atomic mass is 32.2. The van der Waals surface area contributed by atoms with Crippen LogP contribution in [0.2, 0.25) is 0 Å². The predicted molar refractivity (Wildman–Crippen MR) is 136 cm³/mol. The van der Waals surface area contributed by atoms with Gasteiger partial charge in [-0.1, -0.05) is 20.3 Å². The number of nitrogens with zero attached hydrogens (tertiary/aromatic N) is 1. The summed E-state index contributed by atoms with van der Waals surface area (Å²) < 4.78 is 0. The first-order valence-corrected chi connectivity index (χ1v) is 12.9. The highest BCUT2D eigenvalue weighted by Crippen LogP contribution is 2.11. The van der Waals surface area contributed by atoms with Crippen LogP contribution in [-0.2, 0) is 24.0 Å². The van der Waals surface area contributed by atoms with Gasteiger partial charge in [0.25, 0.3) is 0 Å². The lowest BCUT2D eigenvalue weighted by Crippen LogP contribution is -2.58. The number of rotatable bonds is 18. The van der Waals surface area contributed by atoms with Crippen LogP contribution in [0.15, 0.2) is 4.99 Å². The maximum Gasteiger partial charge on any atom is 0.326 e. The number of hydrogen-bond acceptors (Lipinski definition) is 8. The van der Waals surface area contributed by atoms with Crippen molar-refractivity contribution in [3.05, 3.63) is 0 Å². The zero-order valence-corrected chi connectivity index (χ0v) is 21.7. The molecule has 3 amide bonds. The van der Waals surface area contributed by atoms with Crippen molar-refractivity contribution in [3.8, 4) is 0 Å². The summed E-state index contributed by atoms with van der Waals surface area (Å²) in [7, 11) is 0. The first-order valence-electron chi connectivity index (χ1n) is 11.5. The number of carboxylic acid groups (broad SMARTS) is 2. The maximum atomic E-state index is 13.1. The largest absolute Gasteiger partial charge is 0.481 e. The van der Waals surface area contributed by atoms with Crippen LogP contribution in [0.3, 0.4) is 0 Å². The molecule has 5 unspecified atom stereocenters. The van der Waals surface area contributed by atoms with Gasteiger partial charge in [-0.3, -0.25) is 24.2 Å². The Bertz CT molecular complexity index is 793. The van der Waals surface area contributed by atoms with Gasteiger partial charge in [0.1, 0.15) is 18.1 Å². The average molecular weight is 534 g/mol. The van der Waals surface area contributed by atoms with Crippen molar-refractivity contribution in [2.45, 2.75) is 70.1 Å². The van der Waals surface area contributed by atoms with Crippen molar-refractivity contribution in [2.24, 2.45) is 28.1 Å². The molecular weight excluding hydrogens is 494 g/mol. The molecule has 0 aromatic rings. The molecule has 0 aromatic heterocycles. The van der Waals surface area contributed by atoms with Crippen LogP contribution >= 0.6 is 11.8 Å². The van der Waals surface area contributed by atoms with Gasteiger partial charge in [0.15, 0.2) is 5.96 Å². The minimum Gasteiger partial charge on any atom is -0.481 e. The normalized spacial score (nSPS) is 14.9. The Morgan fingerprint density at radius 2 is 1.56 bits per heavy atom. The Morgan fingerprint density at radius 1 is 0.944 bits per heavy atom. The lowest BCUT2D eigenvalue weighted by Gasteiger charge is -2.28. The van der Waals surface area contributed by atoms with E-state index >= 15 is 0 Å². The molecule has 0 saturated heterocycles. The van der Waals surface area contributed by atoms with Crippen LogP contribution < -0.4 is 33.2 Å². The lowest BCUT2D eigenvalue weighted by molar-refractivity contribution is -0.147. The molecule has 5 atom stereocenters. The molecule has 0 aromatic carbocycles. The van der Waals surface area contributed by atoms with Crippen LogP contribution in [-0.4, -0.2) is 88.6 Å². The number of aliphatic imine (C=N–C) groups is 1. The number of nitrogens with one attached hydrogen (secondary N) is 3. The Kier molecular flexibility index (Phi) is 15.9. The third kappa shape index (κ3) is 13.1. The number of thioether (sulfide) groups is 1. The van der Waals surface area contributed by atoms with E-state index in [2.05, 4.69) is 20.9 Å². The molecule has 0 aliphatic carbocycles. The minimum atomic E-state index is -1.68. The Hall–Kier alpha value is -3.07. The Morgan fingerprint density at radius 3 is 2.06 bits per heavy atom. The second-order valence-electron chi connectivity index (χ2n) is 8.27. The van der Waals surface area contributed by atoms with Crippen LogP contribution in [0.5, 0.6) is 0 Å². The lowest BCUT2D eigenvalue weighted by atomic mass is 9.97. The van der Waals surface area contributed by atoms with Crippen molar-refractivity contribution in [2.75, 3.05) is 18.6 Å². The van der Waals surface area contributed by atoms with Gasteiger partial charge in [-0.05, 0) is 37.2 Å². The number of hydrogen-bond donors (Lipinski definition) is 8. The summed E-state index contributed by atoms with van der Waals surface area (Å²) in [4.78, 5) is 64.7. The van der Waals surface area contributed by atoms with E-state index in [9.17, 15) is 29.1 Å². The third-order valence-electron chi connectivity index (χ3n) is 5.33. The van der Waals surface area contributed by atoms with E-state index in [0.717, 1.165) is 0 Å². The first-order chi connectivity index (χ1) is 16.8. The summed E-state index contributed by atoms with van der Waals surface area (Å²) >= 11 is 1.52.